The van der Waals surface area contributed by atoms with E-state index in [0.717, 1.165) is 26.0 Å². The molecule has 1 unspecified atom stereocenters. The Labute approximate surface area is 124 Å². The molecule has 20 heavy (non-hydrogen) atoms. The van der Waals surface area contributed by atoms with E-state index in [9.17, 15) is 4.79 Å². The van der Waals surface area contributed by atoms with Crippen molar-refractivity contribution in [1.82, 2.24) is 5.32 Å². The van der Waals surface area contributed by atoms with Gasteiger partial charge in [0.25, 0.3) is 0 Å². The standard InChI is InChI=1S/C16H33NO3/c1-5-7-8-9-10-13-20-14-11-16(3,15(18)19-4)17-12-6-2/h17H,5-14H2,1-4H3. The second-order valence-electron chi connectivity index (χ2n) is 5.53. The summed E-state index contributed by atoms with van der Waals surface area (Å²) < 4.78 is 10.5. The molecule has 0 saturated heterocycles. The van der Waals surface area contributed by atoms with Crippen molar-refractivity contribution >= 4 is 5.97 Å². The van der Waals surface area contributed by atoms with E-state index in [1.54, 1.807) is 0 Å². The van der Waals surface area contributed by atoms with Crippen molar-refractivity contribution in [2.45, 2.75) is 71.3 Å². The number of carbonyl (C=O) groups is 1. The van der Waals surface area contributed by atoms with E-state index in [1.807, 2.05) is 6.92 Å². The number of methoxy groups -OCH3 is 1. The van der Waals surface area contributed by atoms with Crippen molar-refractivity contribution in [1.29, 1.82) is 0 Å². The molecule has 0 aliphatic carbocycles. The highest BCUT2D eigenvalue weighted by molar-refractivity contribution is 5.80. The van der Waals surface area contributed by atoms with Crippen LogP contribution in [0, 0.1) is 0 Å². The molecule has 1 atom stereocenters. The first-order chi connectivity index (χ1) is 9.60. The van der Waals surface area contributed by atoms with Crippen LogP contribution in [0.15, 0.2) is 0 Å². The molecule has 0 aliphatic rings. The molecule has 0 heterocycles. The normalized spacial score (nSPS) is 14.0. The van der Waals surface area contributed by atoms with E-state index >= 15 is 0 Å². The summed E-state index contributed by atoms with van der Waals surface area (Å²) in [6, 6.07) is 0. The first-order valence-electron chi connectivity index (χ1n) is 8.02. The summed E-state index contributed by atoms with van der Waals surface area (Å²) in [7, 11) is 1.43. The first-order valence-corrected chi connectivity index (χ1v) is 8.02. The maximum absolute atomic E-state index is 11.8. The van der Waals surface area contributed by atoms with Crippen molar-refractivity contribution in [3.8, 4) is 0 Å². The van der Waals surface area contributed by atoms with Gasteiger partial charge in [0.2, 0.25) is 0 Å². The summed E-state index contributed by atoms with van der Waals surface area (Å²) in [6.07, 6.45) is 7.84. The molecule has 0 spiro atoms. The Bertz CT molecular complexity index is 246. The number of rotatable bonds is 13. The zero-order chi connectivity index (χ0) is 15.3. The molecule has 0 saturated carbocycles. The highest BCUT2D eigenvalue weighted by Gasteiger charge is 2.33. The lowest BCUT2D eigenvalue weighted by atomic mass is 9.98. The third-order valence-electron chi connectivity index (χ3n) is 3.54. The van der Waals surface area contributed by atoms with Crippen LogP contribution in [0.5, 0.6) is 0 Å². The minimum Gasteiger partial charge on any atom is -0.468 e. The van der Waals surface area contributed by atoms with E-state index < -0.39 is 5.54 Å². The van der Waals surface area contributed by atoms with E-state index in [-0.39, 0.29) is 5.97 Å². The minimum atomic E-state index is -0.632. The average molecular weight is 287 g/mol. The molecule has 0 rings (SSSR count). The summed E-state index contributed by atoms with van der Waals surface area (Å²) in [5, 5.41) is 3.26. The predicted octanol–water partition coefficient (Wildman–Crippen LogP) is 3.29. The quantitative estimate of drug-likeness (QED) is 0.417. The Morgan fingerprint density at radius 3 is 2.35 bits per heavy atom. The minimum absolute atomic E-state index is 0.211. The maximum atomic E-state index is 11.8. The third-order valence-corrected chi connectivity index (χ3v) is 3.54. The SMILES string of the molecule is CCCCCCCOCCC(C)(NCCC)C(=O)OC. The fraction of sp³-hybridized carbons (Fsp3) is 0.938. The van der Waals surface area contributed by atoms with Crippen LogP contribution in [-0.4, -0.2) is 38.4 Å². The monoisotopic (exact) mass is 287 g/mol. The number of unbranched alkanes of at least 4 members (excludes halogenated alkanes) is 4. The lowest BCUT2D eigenvalue weighted by Crippen LogP contribution is -2.51. The molecule has 0 fully saturated rings. The van der Waals surface area contributed by atoms with E-state index in [4.69, 9.17) is 9.47 Å². The molecule has 120 valence electrons. The molecule has 4 nitrogen and oxygen atoms in total. The van der Waals surface area contributed by atoms with Gasteiger partial charge in [-0.2, -0.15) is 0 Å². The van der Waals surface area contributed by atoms with Gasteiger partial charge >= 0.3 is 5.97 Å². The first kappa shape index (κ1) is 19.4. The van der Waals surface area contributed by atoms with Crippen molar-refractivity contribution in [3.05, 3.63) is 0 Å². The van der Waals surface area contributed by atoms with Gasteiger partial charge in [0.1, 0.15) is 5.54 Å². The Balaban J connectivity index is 3.82. The Morgan fingerprint density at radius 2 is 1.75 bits per heavy atom. The molecule has 0 aromatic carbocycles. The number of nitrogens with one attached hydrogen (secondary N) is 1. The maximum Gasteiger partial charge on any atom is 0.325 e. The zero-order valence-electron chi connectivity index (χ0n) is 13.8. The third kappa shape index (κ3) is 8.54. The van der Waals surface area contributed by atoms with Crippen LogP contribution >= 0.6 is 0 Å². The van der Waals surface area contributed by atoms with Gasteiger partial charge in [-0.1, -0.05) is 39.5 Å². The fourth-order valence-electron chi connectivity index (χ4n) is 2.07. The summed E-state index contributed by atoms with van der Waals surface area (Å²) in [4.78, 5) is 11.8. The van der Waals surface area contributed by atoms with Gasteiger partial charge in [-0.25, -0.2) is 0 Å². The molecule has 0 aromatic heterocycles. The number of carbonyl (C=O) groups excluding carboxylic acids is 1. The van der Waals surface area contributed by atoms with Crippen LogP contribution < -0.4 is 5.32 Å². The summed E-state index contributed by atoms with van der Waals surface area (Å²) >= 11 is 0. The molecule has 0 aromatic rings. The molecule has 1 N–H and O–H groups in total. The van der Waals surface area contributed by atoms with Gasteiger partial charge in [-0.15, -0.1) is 0 Å². The fourth-order valence-corrected chi connectivity index (χ4v) is 2.07. The van der Waals surface area contributed by atoms with E-state index in [2.05, 4.69) is 19.2 Å². The molecule has 0 bridgehead atoms. The van der Waals surface area contributed by atoms with Crippen molar-refractivity contribution in [2.24, 2.45) is 0 Å². The van der Waals surface area contributed by atoms with E-state index in [1.165, 1.54) is 32.8 Å². The summed E-state index contributed by atoms with van der Waals surface area (Å²) in [5.41, 5.74) is -0.632. The van der Waals surface area contributed by atoms with Crippen molar-refractivity contribution < 1.29 is 14.3 Å². The average Bonchev–Trinajstić information content (AvgIpc) is 2.47. The predicted molar refractivity (Wildman–Crippen MR) is 82.9 cm³/mol. The van der Waals surface area contributed by atoms with Gasteiger partial charge in [0.15, 0.2) is 0 Å². The number of hydrogen-bond acceptors (Lipinski definition) is 4. The topological polar surface area (TPSA) is 47.6 Å². The molecule has 0 aliphatic heterocycles. The molecular weight excluding hydrogens is 254 g/mol. The second-order valence-corrected chi connectivity index (χ2v) is 5.53. The highest BCUT2D eigenvalue weighted by Crippen LogP contribution is 2.12. The van der Waals surface area contributed by atoms with Gasteiger partial charge < -0.3 is 14.8 Å². The van der Waals surface area contributed by atoms with Gasteiger partial charge in [0.05, 0.1) is 7.11 Å². The van der Waals surface area contributed by atoms with Crippen LogP contribution in [0.2, 0.25) is 0 Å². The van der Waals surface area contributed by atoms with Crippen LogP contribution in [0.3, 0.4) is 0 Å². The molecule has 4 heteroatoms. The van der Waals surface area contributed by atoms with Crippen LogP contribution in [-0.2, 0) is 14.3 Å². The number of ether oxygens (including phenoxy) is 2. The van der Waals surface area contributed by atoms with Gasteiger partial charge in [-0.3, -0.25) is 4.79 Å². The molecular formula is C16H33NO3. The zero-order valence-corrected chi connectivity index (χ0v) is 13.8. The second kappa shape index (κ2) is 12.2. The van der Waals surface area contributed by atoms with Crippen molar-refractivity contribution in [2.75, 3.05) is 26.9 Å². The summed E-state index contributed by atoms with van der Waals surface area (Å²) in [6.45, 7) is 8.37. The lowest BCUT2D eigenvalue weighted by Gasteiger charge is -2.27. The van der Waals surface area contributed by atoms with Gasteiger partial charge in [-0.05, 0) is 32.7 Å². The van der Waals surface area contributed by atoms with Gasteiger partial charge in [0, 0.05) is 13.2 Å². The van der Waals surface area contributed by atoms with Crippen LogP contribution in [0.4, 0.5) is 0 Å². The Morgan fingerprint density at radius 1 is 1.05 bits per heavy atom. The van der Waals surface area contributed by atoms with Crippen LogP contribution in [0.25, 0.3) is 0 Å². The Kier molecular flexibility index (Phi) is 11.8. The summed E-state index contributed by atoms with van der Waals surface area (Å²) in [5.74, 6) is -0.211. The largest absolute Gasteiger partial charge is 0.468 e. The molecule has 0 radical (unpaired) electrons. The number of hydrogen-bond donors (Lipinski definition) is 1. The highest BCUT2D eigenvalue weighted by atomic mass is 16.5. The van der Waals surface area contributed by atoms with Crippen molar-refractivity contribution in [3.63, 3.8) is 0 Å². The van der Waals surface area contributed by atoms with E-state index in [0.29, 0.717) is 13.0 Å². The van der Waals surface area contributed by atoms with Crippen LogP contribution in [0.1, 0.15) is 65.7 Å². The lowest BCUT2D eigenvalue weighted by molar-refractivity contribution is -0.148. The molecule has 0 amide bonds. The smallest absolute Gasteiger partial charge is 0.325 e. The number of esters is 1. The Hall–Kier alpha value is -0.610.